The highest BCUT2D eigenvalue weighted by Crippen LogP contribution is 2.07. The Balaban J connectivity index is 2.85. The van der Waals surface area contributed by atoms with Gasteiger partial charge in [-0.1, -0.05) is 0 Å². The van der Waals surface area contributed by atoms with Crippen molar-refractivity contribution in [2.24, 2.45) is 0 Å². The Bertz CT molecular complexity index is 246. The van der Waals surface area contributed by atoms with Gasteiger partial charge in [-0.2, -0.15) is 4.98 Å². The van der Waals surface area contributed by atoms with E-state index in [1.54, 1.807) is 0 Å². The zero-order valence-electron chi connectivity index (χ0n) is 5.22. The maximum Gasteiger partial charge on any atom is 0.273 e. The normalized spacial score (nSPS) is 9.40. The lowest BCUT2D eigenvalue weighted by molar-refractivity contribution is 0.0958. The van der Waals surface area contributed by atoms with Gasteiger partial charge in [-0.25, -0.2) is 0 Å². The highest BCUT2D eigenvalue weighted by Gasteiger charge is 2.07. The zero-order valence-corrected chi connectivity index (χ0v) is 6.81. The minimum atomic E-state index is -0.255. The SMILES string of the molecule is CNC(=O)c1coc(Br)n1. The van der Waals surface area contributed by atoms with Crippen molar-refractivity contribution in [1.82, 2.24) is 10.3 Å². The molecule has 0 aliphatic heterocycles. The van der Waals surface area contributed by atoms with Crippen molar-refractivity contribution >= 4 is 21.8 Å². The first-order valence-electron chi connectivity index (χ1n) is 2.57. The average Bonchev–Trinajstić information content (AvgIpc) is 2.34. The van der Waals surface area contributed by atoms with Crippen LogP contribution in [0.1, 0.15) is 10.5 Å². The van der Waals surface area contributed by atoms with Crippen LogP contribution in [-0.2, 0) is 0 Å². The molecule has 0 unspecified atom stereocenters. The molecule has 0 saturated heterocycles. The number of hydrogen-bond acceptors (Lipinski definition) is 3. The van der Waals surface area contributed by atoms with E-state index in [-0.39, 0.29) is 11.6 Å². The van der Waals surface area contributed by atoms with Gasteiger partial charge in [0, 0.05) is 23.0 Å². The Morgan fingerprint density at radius 2 is 2.60 bits per heavy atom. The number of oxazole rings is 1. The molecule has 4 nitrogen and oxygen atoms in total. The van der Waals surface area contributed by atoms with E-state index in [1.165, 1.54) is 13.3 Å². The van der Waals surface area contributed by atoms with Gasteiger partial charge >= 0.3 is 0 Å². The van der Waals surface area contributed by atoms with Crippen LogP contribution in [0.4, 0.5) is 0 Å². The van der Waals surface area contributed by atoms with E-state index in [0.717, 1.165) is 0 Å². The maximum atomic E-state index is 10.8. The maximum absolute atomic E-state index is 10.8. The molecule has 1 rings (SSSR count). The van der Waals surface area contributed by atoms with Gasteiger partial charge in [-0.15, -0.1) is 0 Å². The molecule has 1 aromatic heterocycles. The number of carbonyl (C=O) groups is 1. The molecule has 0 aromatic carbocycles. The lowest BCUT2D eigenvalue weighted by atomic mass is 10.5. The minimum Gasteiger partial charge on any atom is -0.439 e. The van der Waals surface area contributed by atoms with E-state index in [0.29, 0.717) is 4.80 Å². The predicted octanol–water partition coefficient (Wildman–Crippen LogP) is 0.797. The molecule has 0 aliphatic carbocycles. The van der Waals surface area contributed by atoms with Crippen molar-refractivity contribution in [2.45, 2.75) is 0 Å². The summed E-state index contributed by atoms with van der Waals surface area (Å²) in [6.45, 7) is 0. The molecule has 0 saturated carbocycles. The summed E-state index contributed by atoms with van der Waals surface area (Å²) in [6.07, 6.45) is 1.28. The summed E-state index contributed by atoms with van der Waals surface area (Å²) in [5.74, 6) is -0.255. The third-order valence-electron chi connectivity index (χ3n) is 0.936. The van der Waals surface area contributed by atoms with Crippen LogP contribution in [-0.4, -0.2) is 17.9 Å². The molecule has 1 aromatic rings. The number of carbonyl (C=O) groups excluding carboxylic acids is 1. The summed E-state index contributed by atoms with van der Waals surface area (Å²) in [4.78, 5) is 14.8. The third kappa shape index (κ3) is 1.36. The van der Waals surface area contributed by atoms with Crippen molar-refractivity contribution < 1.29 is 9.21 Å². The van der Waals surface area contributed by atoms with E-state index >= 15 is 0 Å². The molecular formula is C5H5BrN2O2. The second kappa shape index (κ2) is 2.83. The van der Waals surface area contributed by atoms with E-state index in [4.69, 9.17) is 4.42 Å². The van der Waals surface area contributed by atoms with E-state index in [1.807, 2.05) is 0 Å². The van der Waals surface area contributed by atoms with E-state index in [2.05, 4.69) is 26.2 Å². The second-order valence-corrected chi connectivity index (χ2v) is 2.24. The minimum absolute atomic E-state index is 0.255. The van der Waals surface area contributed by atoms with Crippen molar-refractivity contribution in [3.8, 4) is 0 Å². The van der Waals surface area contributed by atoms with Crippen molar-refractivity contribution in [3.63, 3.8) is 0 Å². The monoisotopic (exact) mass is 204 g/mol. The van der Waals surface area contributed by atoms with Gasteiger partial charge in [0.1, 0.15) is 6.26 Å². The Labute approximate surface area is 65.8 Å². The standard InChI is InChI=1S/C5H5BrN2O2/c1-7-4(9)3-2-10-5(6)8-3/h2H,1H3,(H,7,9). The molecule has 0 atom stereocenters. The van der Waals surface area contributed by atoms with Gasteiger partial charge < -0.3 is 9.73 Å². The van der Waals surface area contributed by atoms with Gasteiger partial charge in [0.25, 0.3) is 10.7 Å². The summed E-state index contributed by atoms with van der Waals surface area (Å²) >= 11 is 2.97. The topological polar surface area (TPSA) is 55.1 Å². The molecule has 0 aliphatic rings. The fraction of sp³-hybridized carbons (Fsp3) is 0.200. The highest BCUT2D eigenvalue weighted by atomic mass is 79.9. The third-order valence-corrected chi connectivity index (χ3v) is 1.30. The van der Waals surface area contributed by atoms with Gasteiger partial charge in [0.2, 0.25) is 0 Å². The van der Waals surface area contributed by atoms with Crippen LogP contribution >= 0.6 is 15.9 Å². The van der Waals surface area contributed by atoms with Crippen LogP contribution in [0.15, 0.2) is 15.5 Å². The number of aromatic nitrogens is 1. The molecule has 1 amide bonds. The van der Waals surface area contributed by atoms with Gasteiger partial charge in [-0.3, -0.25) is 4.79 Å². The first kappa shape index (κ1) is 7.27. The Hall–Kier alpha value is -0.840. The van der Waals surface area contributed by atoms with Crippen LogP contribution in [0.25, 0.3) is 0 Å². The number of halogens is 1. The summed E-state index contributed by atoms with van der Waals surface area (Å²) in [5.41, 5.74) is 0.273. The Morgan fingerprint density at radius 1 is 1.90 bits per heavy atom. The van der Waals surface area contributed by atoms with E-state index < -0.39 is 0 Å². The lowest BCUT2D eigenvalue weighted by Crippen LogP contribution is -2.17. The van der Waals surface area contributed by atoms with Crippen molar-refractivity contribution in [2.75, 3.05) is 7.05 Å². The van der Waals surface area contributed by atoms with Gasteiger partial charge in [0.15, 0.2) is 5.69 Å². The summed E-state index contributed by atoms with van der Waals surface area (Å²) < 4.78 is 4.73. The molecule has 0 fully saturated rings. The first-order chi connectivity index (χ1) is 4.74. The first-order valence-corrected chi connectivity index (χ1v) is 3.36. The molecule has 1 N–H and O–H groups in total. The molecule has 1 heterocycles. The fourth-order valence-electron chi connectivity index (χ4n) is 0.484. The smallest absolute Gasteiger partial charge is 0.273 e. The van der Waals surface area contributed by atoms with Crippen LogP contribution in [0.5, 0.6) is 0 Å². The number of nitrogens with zero attached hydrogens (tertiary/aromatic N) is 1. The molecule has 5 heteroatoms. The molecule has 0 spiro atoms. The number of hydrogen-bond donors (Lipinski definition) is 1. The molecule has 10 heavy (non-hydrogen) atoms. The number of nitrogens with one attached hydrogen (secondary N) is 1. The summed E-state index contributed by atoms with van der Waals surface area (Å²) in [7, 11) is 1.53. The number of rotatable bonds is 1. The van der Waals surface area contributed by atoms with Gasteiger partial charge in [0.05, 0.1) is 0 Å². The quantitative estimate of drug-likeness (QED) is 0.737. The zero-order chi connectivity index (χ0) is 7.56. The van der Waals surface area contributed by atoms with Gasteiger partial charge in [-0.05, 0) is 0 Å². The predicted molar refractivity (Wildman–Crippen MR) is 37.6 cm³/mol. The summed E-state index contributed by atoms with van der Waals surface area (Å²) in [5, 5.41) is 2.41. The van der Waals surface area contributed by atoms with Crippen LogP contribution in [0, 0.1) is 0 Å². The average molecular weight is 205 g/mol. The Morgan fingerprint density at radius 3 is 3.00 bits per heavy atom. The van der Waals surface area contributed by atoms with Crippen molar-refractivity contribution in [1.29, 1.82) is 0 Å². The van der Waals surface area contributed by atoms with E-state index in [9.17, 15) is 4.79 Å². The van der Waals surface area contributed by atoms with Crippen LogP contribution in [0.2, 0.25) is 0 Å². The van der Waals surface area contributed by atoms with Crippen molar-refractivity contribution in [3.05, 3.63) is 16.8 Å². The fourth-order valence-corrected chi connectivity index (χ4v) is 0.769. The molecule has 54 valence electrons. The largest absolute Gasteiger partial charge is 0.439 e. The van der Waals surface area contributed by atoms with Crippen LogP contribution < -0.4 is 5.32 Å². The molecule has 0 radical (unpaired) electrons. The lowest BCUT2D eigenvalue weighted by Gasteiger charge is -1.88. The molecular weight excluding hydrogens is 200 g/mol. The summed E-state index contributed by atoms with van der Waals surface area (Å²) in [6, 6.07) is 0. The highest BCUT2D eigenvalue weighted by molar-refractivity contribution is 9.10. The Kier molecular flexibility index (Phi) is 2.06. The number of amides is 1. The second-order valence-electron chi connectivity index (χ2n) is 1.56. The molecule has 0 bridgehead atoms. The van der Waals surface area contributed by atoms with Crippen LogP contribution in [0.3, 0.4) is 0 Å².